The van der Waals surface area contributed by atoms with Crippen molar-refractivity contribution in [1.29, 1.82) is 0 Å². The van der Waals surface area contributed by atoms with Crippen LogP contribution in [0.25, 0.3) is 0 Å². The van der Waals surface area contributed by atoms with Gasteiger partial charge in [-0.15, -0.1) is 0 Å². The van der Waals surface area contributed by atoms with E-state index in [9.17, 15) is 4.79 Å². The summed E-state index contributed by atoms with van der Waals surface area (Å²) in [6, 6.07) is 3.47. The molecule has 2 rings (SSSR count). The van der Waals surface area contributed by atoms with Gasteiger partial charge in [-0.1, -0.05) is 13.3 Å². The van der Waals surface area contributed by atoms with E-state index >= 15 is 0 Å². The third-order valence-corrected chi connectivity index (χ3v) is 3.58. The first kappa shape index (κ1) is 13.1. The number of furan rings is 1. The topological polar surface area (TPSA) is 51.5 Å². The second-order valence-corrected chi connectivity index (χ2v) is 5.11. The molecule has 0 unspecified atom stereocenters. The summed E-state index contributed by atoms with van der Waals surface area (Å²) in [4.78, 5) is 11.2. The summed E-state index contributed by atoms with van der Waals surface area (Å²) in [6.07, 6.45) is 5.21. The van der Waals surface area contributed by atoms with Gasteiger partial charge in [0.15, 0.2) is 0 Å². The van der Waals surface area contributed by atoms with Gasteiger partial charge in [0.25, 0.3) is 0 Å². The van der Waals surface area contributed by atoms with E-state index in [0.717, 1.165) is 12.3 Å². The van der Waals surface area contributed by atoms with E-state index in [0.29, 0.717) is 12.0 Å². The number of hydrogen-bond donors (Lipinski definition) is 1. The van der Waals surface area contributed by atoms with Crippen LogP contribution >= 0.6 is 0 Å². The highest BCUT2D eigenvalue weighted by Gasteiger charge is 2.40. The monoisotopic (exact) mass is 251 g/mol. The lowest BCUT2D eigenvalue weighted by molar-refractivity contribution is 0.0563. The standard InChI is InChI=1S/C14H21NO3/c1-3-6-14(7-8-14)10-15-9-11-4-5-12(18-11)13(16)17-2/h4-5,15H,3,6-10H2,1-2H3. The first-order chi connectivity index (χ1) is 8.69. The Morgan fingerprint density at radius 1 is 1.50 bits per heavy atom. The number of nitrogens with one attached hydrogen (secondary N) is 1. The molecule has 1 heterocycles. The van der Waals surface area contributed by atoms with Crippen LogP contribution in [0.2, 0.25) is 0 Å². The van der Waals surface area contributed by atoms with Crippen LogP contribution in [0.15, 0.2) is 16.5 Å². The molecule has 0 aliphatic heterocycles. The third-order valence-electron chi connectivity index (χ3n) is 3.58. The molecule has 0 aromatic carbocycles. The van der Waals surface area contributed by atoms with E-state index in [1.54, 1.807) is 6.07 Å². The van der Waals surface area contributed by atoms with E-state index in [-0.39, 0.29) is 5.76 Å². The van der Waals surface area contributed by atoms with Crippen LogP contribution in [0.1, 0.15) is 48.9 Å². The van der Waals surface area contributed by atoms with Gasteiger partial charge in [0, 0.05) is 6.54 Å². The molecule has 1 fully saturated rings. The van der Waals surface area contributed by atoms with E-state index < -0.39 is 5.97 Å². The summed E-state index contributed by atoms with van der Waals surface area (Å²) < 4.78 is 9.99. The Hall–Kier alpha value is -1.29. The molecule has 100 valence electrons. The van der Waals surface area contributed by atoms with Gasteiger partial charge in [0.1, 0.15) is 5.76 Å². The number of carbonyl (C=O) groups excluding carboxylic acids is 1. The SMILES string of the molecule is CCCC1(CNCc2ccc(C(=O)OC)o2)CC1. The third kappa shape index (κ3) is 3.13. The fourth-order valence-corrected chi connectivity index (χ4v) is 2.36. The van der Waals surface area contributed by atoms with Crippen molar-refractivity contribution in [1.82, 2.24) is 5.32 Å². The van der Waals surface area contributed by atoms with E-state index in [1.807, 2.05) is 6.07 Å². The predicted octanol–water partition coefficient (Wildman–Crippen LogP) is 2.74. The minimum Gasteiger partial charge on any atom is -0.463 e. The number of ether oxygens (including phenoxy) is 1. The molecule has 1 saturated carbocycles. The van der Waals surface area contributed by atoms with Crippen LogP contribution in [-0.4, -0.2) is 19.6 Å². The minimum absolute atomic E-state index is 0.268. The van der Waals surface area contributed by atoms with Gasteiger partial charge in [0.2, 0.25) is 5.76 Å². The number of rotatable bonds is 7. The van der Waals surface area contributed by atoms with Gasteiger partial charge in [-0.25, -0.2) is 4.79 Å². The second kappa shape index (κ2) is 5.57. The first-order valence-corrected chi connectivity index (χ1v) is 6.57. The fraction of sp³-hybridized carbons (Fsp3) is 0.643. The summed E-state index contributed by atoms with van der Waals surface area (Å²) in [6.45, 7) is 3.94. The molecule has 4 nitrogen and oxygen atoms in total. The zero-order valence-corrected chi connectivity index (χ0v) is 11.1. The summed E-state index contributed by atoms with van der Waals surface area (Å²) in [5, 5.41) is 3.41. The van der Waals surface area contributed by atoms with Gasteiger partial charge in [-0.05, 0) is 36.8 Å². The molecule has 0 radical (unpaired) electrons. The van der Waals surface area contributed by atoms with Crippen LogP contribution in [0, 0.1) is 5.41 Å². The van der Waals surface area contributed by atoms with Gasteiger partial charge >= 0.3 is 5.97 Å². The first-order valence-electron chi connectivity index (χ1n) is 6.57. The van der Waals surface area contributed by atoms with Crippen molar-refractivity contribution >= 4 is 5.97 Å². The van der Waals surface area contributed by atoms with Crippen molar-refractivity contribution in [3.05, 3.63) is 23.7 Å². The predicted molar refractivity (Wildman–Crippen MR) is 68.3 cm³/mol. The average Bonchev–Trinajstić information content (AvgIpc) is 2.96. The van der Waals surface area contributed by atoms with Crippen molar-refractivity contribution in [3.63, 3.8) is 0 Å². The number of carbonyl (C=O) groups is 1. The molecular formula is C14H21NO3. The van der Waals surface area contributed by atoms with E-state index in [2.05, 4.69) is 17.0 Å². The van der Waals surface area contributed by atoms with Crippen LogP contribution in [0.4, 0.5) is 0 Å². The van der Waals surface area contributed by atoms with Crippen LogP contribution in [0.3, 0.4) is 0 Å². The molecule has 1 aliphatic rings. The van der Waals surface area contributed by atoms with E-state index in [4.69, 9.17) is 4.42 Å². The highest BCUT2D eigenvalue weighted by atomic mass is 16.5. The zero-order chi connectivity index (χ0) is 13.0. The van der Waals surface area contributed by atoms with Crippen molar-refractivity contribution in [2.45, 2.75) is 39.2 Å². The molecule has 1 aliphatic carbocycles. The van der Waals surface area contributed by atoms with Crippen molar-refractivity contribution in [2.24, 2.45) is 5.41 Å². The zero-order valence-electron chi connectivity index (χ0n) is 11.1. The summed E-state index contributed by atoms with van der Waals surface area (Å²) in [5.41, 5.74) is 0.534. The molecule has 1 aromatic rings. The number of esters is 1. The van der Waals surface area contributed by atoms with Gasteiger partial charge in [-0.2, -0.15) is 0 Å². The van der Waals surface area contributed by atoms with Crippen LogP contribution in [-0.2, 0) is 11.3 Å². The Labute approximate surface area is 108 Å². The van der Waals surface area contributed by atoms with Crippen LogP contribution in [0.5, 0.6) is 0 Å². The normalized spacial score (nSPS) is 16.6. The lowest BCUT2D eigenvalue weighted by Crippen LogP contribution is -2.23. The Morgan fingerprint density at radius 3 is 2.89 bits per heavy atom. The maximum Gasteiger partial charge on any atom is 0.373 e. The Morgan fingerprint density at radius 2 is 2.28 bits per heavy atom. The minimum atomic E-state index is -0.425. The van der Waals surface area contributed by atoms with Crippen molar-refractivity contribution in [3.8, 4) is 0 Å². The molecule has 18 heavy (non-hydrogen) atoms. The lowest BCUT2D eigenvalue weighted by Gasteiger charge is -2.13. The average molecular weight is 251 g/mol. The van der Waals surface area contributed by atoms with Gasteiger partial charge in [-0.3, -0.25) is 0 Å². The lowest BCUT2D eigenvalue weighted by atomic mass is 10.0. The second-order valence-electron chi connectivity index (χ2n) is 5.11. The molecule has 0 amide bonds. The summed E-state index contributed by atoms with van der Waals surface area (Å²) in [5.74, 6) is 0.623. The van der Waals surface area contributed by atoms with E-state index in [1.165, 1.54) is 32.8 Å². The fourth-order valence-electron chi connectivity index (χ4n) is 2.36. The van der Waals surface area contributed by atoms with Crippen molar-refractivity contribution in [2.75, 3.05) is 13.7 Å². The molecule has 1 N–H and O–H groups in total. The van der Waals surface area contributed by atoms with Crippen molar-refractivity contribution < 1.29 is 13.9 Å². The molecule has 0 saturated heterocycles. The van der Waals surface area contributed by atoms with Gasteiger partial charge < -0.3 is 14.5 Å². The molecule has 4 heteroatoms. The Balaban J connectivity index is 1.77. The highest BCUT2D eigenvalue weighted by molar-refractivity contribution is 5.86. The summed E-state index contributed by atoms with van der Waals surface area (Å²) in [7, 11) is 1.35. The smallest absolute Gasteiger partial charge is 0.373 e. The molecule has 0 spiro atoms. The maximum atomic E-state index is 11.2. The molecule has 1 aromatic heterocycles. The largest absolute Gasteiger partial charge is 0.463 e. The molecular weight excluding hydrogens is 230 g/mol. The molecule has 0 atom stereocenters. The Bertz CT molecular complexity index is 407. The summed E-state index contributed by atoms with van der Waals surface area (Å²) >= 11 is 0. The van der Waals surface area contributed by atoms with Crippen LogP contribution < -0.4 is 5.32 Å². The maximum absolute atomic E-state index is 11.2. The number of methoxy groups -OCH3 is 1. The quantitative estimate of drug-likeness (QED) is 0.757. The van der Waals surface area contributed by atoms with Gasteiger partial charge in [0.05, 0.1) is 13.7 Å². The highest BCUT2D eigenvalue weighted by Crippen LogP contribution is 2.48. The Kier molecular flexibility index (Phi) is 4.07. The molecule has 0 bridgehead atoms. The number of hydrogen-bond acceptors (Lipinski definition) is 4.